The smallest absolute Gasteiger partial charge is 0.341 e. The predicted molar refractivity (Wildman–Crippen MR) is 100 cm³/mol. The van der Waals surface area contributed by atoms with E-state index in [0.717, 1.165) is 41.8 Å². The van der Waals surface area contributed by atoms with Crippen molar-refractivity contribution in [2.45, 2.75) is 39.5 Å². The Balaban J connectivity index is 1.68. The van der Waals surface area contributed by atoms with Gasteiger partial charge in [-0.2, -0.15) is 4.98 Å². The zero-order chi connectivity index (χ0) is 19.0. The average molecular weight is 385 g/mol. The molecule has 0 spiro atoms. The molecule has 9 heteroatoms. The van der Waals surface area contributed by atoms with E-state index in [1.807, 2.05) is 6.92 Å². The number of fused-ring (bicyclic) bond motifs is 2. The van der Waals surface area contributed by atoms with Crippen molar-refractivity contribution in [3.8, 4) is 0 Å². The molecule has 1 aliphatic carbocycles. The van der Waals surface area contributed by atoms with Gasteiger partial charge in [-0.3, -0.25) is 4.79 Å². The van der Waals surface area contributed by atoms with Gasteiger partial charge in [-0.15, -0.1) is 16.4 Å². The summed E-state index contributed by atoms with van der Waals surface area (Å²) in [6, 6.07) is 1.79. The van der Waals surface area contributed by atoms with Crippen LogP contribution in [0.3, 0.4) is 0 Å². The number of anilines is 1. The van der Waals surface area contributed by atoms with Crippen molar-refractivity contribution < 1.29 is 14.3 Å². The number of carbonyl (C=O) groups is 2. The number of hydrogen-bond donors (Lipinski definition) is 1. The fraction of sp³-hybridized carbons (Fsp3) is 0.389. The molecule has 1 aliphatic rings. The van der Waals surface area contributed by atoms with Gasteiger partial charge in [-0.05, 0) is 51.2 Å². The molecule has 1 N–H and O–H groups in total. The number of nitrogens with one attached hydrogen (secondary N) is 1. The lowest BCUT2D eigenvalue weighted by Crippen LogP contribution is -2.17. The summed E-state index contributed by atoms with van der Waals surface area (Å²) in [6.45, 7) is 3.91. The van der Waals surface area contributed by atoms with Crippen molar-refractivity contribution in [1.82, 2.24) is 19.6 Å². The van der Waals surface area contributed by atoms with Gasteiger partial charge in [0.05, 0.1) is 12.2 Å². The maximum absolute atomic E-state index is 12.7. The maximum atomic E-state index is 12.7. The SMILES string of the molecule is CCOC(=O)c1c(NC(=O)c2nc3nccc(C)n3n2)sc2c1CCCC2. The largest absolute Gasteiger partial charge is 0.462 e. The number of rotatable bonds is 4. The van der Waals surface area contributed by atoms with E-state index in [4.69, 9.17) is 4.74 Å². The first-order chi connectivity index (χ1) is 13.1. The second-order valence-corrected chi connectivity index (χ2v) is 7.43. The van der Waals surface area contributed by atoms with Crippen LogP contribution in [0.25, 0.3) is 5.78 Å². The standard InChI is InChI=1S/C18H19N5O3S/c1-3-26-17(25)13-11-6-4-5-7-12(11)27-16(13)21-15(24)14-20-18-19-9-8-10(2)23(18)22-14/h8-9H,3-7H2,1-2H3,(H,21,24). The fourth-order valence-corrected chi connectivity index (χ4v) is 4.51. The summed E-state index contributed by atoms with van der Waals surface area (Å²) in [4.78, 5) is 34.6. The predicted octanol–water partition coefficient (Wildman–Crippen LogP) is 2.80. The molecular weight excluding hydrogens is 366 g/mol. The van der Waals surface area contributed by atoms with Crippen molar-refractivity contribution in [3.05, 3.63) is 39.8 Å². The van der Waals surface area contributed by atoms with Crippen molar-refractivity contribution >= 4 is 34.0 Å². The zero-order valence-electron chi connectivity index (χ0n) is 15.1. The van der Waals surface area contributed by atoms with Gasteiger partial charge < -0.3 is 10.1 Å². The Morgan fingerprint density at radius 2 is 2.15 bits per heavy atom. The highest BCUT2D eigenvalue weighted by molar-refractivity contribution is 7.17. The van der Waals surface area contributed by atoms with E-state index in [0.29, 0.717) is 16.3 Å². The first-order valence-electron chi connectivity index (χ1n) is 8.90. The molecule has 0 bridgehead atoms. The Kier molecular flexibility index (Phi) is 4.61. The van der Waals surface area contributed by atoms with Crippen LogP contribution in [-0.4, -0.2) is 38.1 Å². The molecule has 3 aromatic rings. The molecule has 8 nitrogen and oxygen atoms in total. The summed E-state index contributed by atoms with van der Waals surface area (Å²) in [5.74, 6) is -0.495. The molecule has 0 saturated carbocycles. The van der Waals surface area contributed by atoms with Gasteiger partial charge in [-0.25, -0.2) is 14.3 Å². The zero-order valence-corrected chi connectivity index (χ0v) is 15.9. The Bertz CT molecular complexity index is 1040. The topological polar surface area (TPSA) is 98.5 Å². The lowest BCUT2D eigenvalue weighted by atomic mass is 9.95. The number of aryl methyl sites for hydroxylation is 2. The summed E-state index contributed by atoms with van der Waals surface area (Å²) < 4.78 is 6.73. The number of aromatic nitrogens is 4. The van der Waals surface area contributed by atoms with E-state index in [1.165, 1.54) is 15.9 Å². The van der Waals surface area contributed by atoms with Crippen molar-refractivity contribution in [2.24, 2.45) is 0 Å². The van der Waals surface area contributed by atoms with E-state index >= 15 is 0 Å². The summed E-state index contributed by atoms with van der Waals surface area (Å²) in [7, 11) is 0. The summed E-state index contributed by atoms with van der Waals surface area (Å²) in [5.41, 5.74) is 2.30. The second-order valence-electron chi connectivity index (χ2n) is 6.32. The van der Waals surface area contributed by atoms with Gasteiger partial charge in [0.1, 0.15) is 5.00 Å². The molecule has 27 heavy (non-hydrogen) atoms. The normalized spacial score (nSPS) is 13.4. The van der Waals surface area contributed by atoms with Crippen LogP contribution in [0.4, 0.5) is 5.00 Å². The molecule has 0 fully saturated rings. The van der Waals surface area contributed by atoms with Gasteiger partial charge in [0.25, 0.3) is 11.7 Å². The van der Waals surface area contributed by atoms with Crippen LogP contribution in [0, 0.1) is 6.92 Å². The molecule has 0 aliphatic heterocycles. The van der Waals surface area contributed by atoms with Crippen LogP contribution >= 0.6 is 11.3 Å². The Morgan fingerprint density at radius 3 is 2.93 bits per heavy atom. The highest BCUT2D eigenvalue weighted by atomic mass is 32.1. The fourth-order valence-electron chi connectivity index (χ4n) is 3.23. The molecule has 0 unspecified atom stereocenters. The number of carbonyl (C=O) groups excluding carboxylic acids is 2. The third kappa shape index (κ3) is 3.18. The molecule has 0 aromatic carbocycles. The van der Waals surface area contributed by atoms with Crippen LogP contribution < -0.4 is 5.32 Å². The number of thiophene rings is 1. The maximum Gasteiger partial charge on any atom is 0.341 e. The minimum Gasteiger partial charge on any atom is -0.462 e. The Labute approximate surface area is 159 Å². The van der Waals surface area contributed by atoms with Gasteiger partial charge in [-0.1, -0.05) is 0 Å². The summed E-state index contributed by atoms with van der Waals surface area (Å²) in [6.07, 6.45) is 5.47. The summed E-state index contributed by atoms with van der Waals surface area (Å²) >= 11 is 1.44. The molecule has 0 atom stereocenters. The van der Waals surface area contributed by atoms with Gasteiger partial charge in [0.15, 0.2) is 0 Å². The van der Waals surface area contributed by atoms with Crippen LogP contribution in [-0.2, 0) is 17.6 Å². The van der Waals surface area contributed by atoms with Gasteiger partial charge in [0.2, 0.25) is 5.82 Å². The van der Waals surface area contributed by atoms with Crippen LogP contribution in [0.2, 0.25) is 0 Å². The Hall–Kier alpha value is -2.81. The van der Waals surface area contributed by atoms with Crippen molar-refractivity contribution in [2.75, 3.05) is 11.9 Å². The molecule has 0 radical (unpaired) electrons. The van der Waals surface area contributed by atoms with E-state index < -0.39 is 11.9 Å². The Morgan fingerprint density at radius 1 is 1.33 bits per heavy atom. The number of esters is 1. The molecule has 140 valence electrons. The van der Waals surface area contributed by atoms with Crippen LogP contribution in [0.1, 0.15) is 56.9 Å². The third-order valence-corrected chi connectivity index (χ3v) is 5.72. The lowest BCUT2D eigenvalue weighted by molar-refractivity contribution is 0.0526. The monoisotopic (exact) mass is 385 g/mol. The van der Waals surface area contributed by atoms with E-state index in [-0.39, 0.29) is 12.4 Å². The summed E-state index contributed by atoms with van der Waals surface area (Å²) in [5, 5.41) is 7.55. The van der Waals surface area contributed by atoms with Crippen LogP contribution in [0.15, 0.2) is 12.3 Å². The van der Waals surface area contributed by atoms with Crippen molar-refractivity contribution in [3.63, 3.8) is 0 Å². The van der Waals surface area contributed by atoms with E-state index in [9.17, 15) is 9.59 Å². The number of amides is 1. The first-order valence-corrected chi connectivity index (χ1v) is 9.71. The number of ether oxygens (including phenoxy) is 1. The molecule has 1 amide bonds. The second kappa shape index (κ2) is 7.07. The quantitative estimate of drug-likeness (QED) is 0.694. The number of nitrogens with zero attached hydrogens (tertiary/aromatic N) is 4. The highest BCUT2D eigenvalue weighted by Crippen LogP contribution is 2.38. The highest BCUT2D eigenvalue weighted by Gasteiger charge is 2.28. The minimum atomic E-state index is -0.468. The first kappa shape index (κ1) is 17.6. The molecule has 4 rings (SSSR count). The van der Waals surface area contributed by atoms with Gasteiger partial charge >= 0.3 is 5.97 Å². The van der Waals surface area contributed by atoms with E-state index in [1.54, 1.807) is 19.2 Å². The number of hydrogen-bond acceptors (Lipinski definition) is 7. The van der Waals surface area contributed by atoms with Crippen LogP contribution in [0.5, 0.6) is 0 Å². The molecule has 3 heterocycles. The lowest BCUT2D eigenvalue weighted by Gasteiger charge is -2.12. The van der Waals surface area contributed by atoms with E-state index in [2.05, 4.69) is 20.4 Å². The van der Waals surface area contributed by atoms with Crippen molar-refractivity contribution in [1.29, 1.82) is 0 Å². The minimum absolute atomic E-state index is 0.0120. The molecular formula is C18H19N5O3S. The molecule has 0 saturated heterocycles. The average Bonchev–Trinajstić information content (AvgIpc) is 3.24. The third-order valence-electron chi connectivity index (χ3n) is 4.51. The van der Waals surface area contributed by atoms with Gasteiger partial charge in [0, 0.05) is 16.8 Å². The molecule has 3 aromatic heterocycles.